The Kier molecular flexibility index (Phi) is 61.6. The molecule has 5 atom stereocenters. The molecule has 17 nitrogen and oxygen atoms in total. The molecule has 0 rings (SSSR count). The van der Waals surface area contributed by atoms with Gasteiger partial charge in [0.2, 0.25) is 0 Å². The van der Waals surface area contributed by atoms with Crippen molar-refractivity contribution in [3.05, 3.63) is 24.3 Å². The normalized spacial score (nSPS) is 14.3. The summed E-state index contributed by atoms with van der Waals surface area (Å²) in [7, 11) is -9.92. The predicted molar refractivity (Wildman–Crippen MR) is 372 cm³/mol. The van der Waals surface area contributed by atoms with Crippen LogP contribution in [0, 0.1) is 17.8 Å². The van der Waals surface area contributed by atoms with Crippen LogP contribution in [-0.4, -0.2) is 96.7 Å². The standard InChI is InChI=1S/C73H138O17P2/c1-8-9-10-11-12-13-14-15-16-17-20-25-35-42-49-56-72(77)89-68(60-83-70(75)54-47-40-33-27-22-24-31-38-45-52-65(4)5)62-87-91(79,80)85-58-67(74)59-86-92(81,82)88-63-69(61-84-71(76)55-48-41-34-29-28-32-39-46-53-66(6)7)90-73(78)57-50-43-36-26-21-18-19-23-30-37-44-51-64(2)3/h13-16,64-69,74H,8-12,17-63H2,1-7H3,(H,79,80)(H,81,82)/b14-13-,16-15-/t67?,68-,69-/m1/s1. The summed E-state index contributed by atoms with van der Waals surface area (Å²) in [6.07, 6.45) is 50.8. The quantitative estimate of drug-likeness (QED) is 0.0169. The minimum Gasteiger partial charge on any atom is -0.462 e. The summed E-state index contributed by atoms with van der Waals surface area (Å²) in [5.41, 5.74) is 0. The number of hydrogen-bond donors (Lipinski definition) is 3. The third kappa shape index (κ3) is 66.2. The highest BCUT2D eigenvalue weighted by Crippen LogP contribution is 2.45. The molecule has 0 aromatic heterocycles. The Morgan fingerprint density at radius 1 is 0.337 bits per heavy atom. The summed E-state index contributed by atoms with van der Waals surface area (Å²) in [6.45, 7) is 11.7. The lowest BCUT2D eigenvalue weighted by Gasteiger charge is -2.21. The molecule has 0 saturated heterocycles. The lowest BCUT2D eigenvalue weighted by molar-refractivity contribution is -0.161. The Hall–Kier alpha value is -2.46. The highest BCUT2D eigenvalue weighted by atomic mass is 31.2. The second-order valence-corrected chi connectivity index (χ2v) is 30.0. The number of allylic oxidation sites excluding steroid dienone is 4. The molecule has 542 valence electrons. The van der Waals surface area contributed by atoms with Crippen LogP contribution in [0.15, 0.2) is 24.3 Å². The van der Waals surface area contributed by atoms with E-state index in [4.69, 9.17) is 37.0 Å². The smallest absolute Gasteiger partial charge is 0.462 e. The average molecular weight is 1350 g/mol. The molecule has 0 bridgehead atoms. The van der Waals surface area contributed by atoms with Crippen molar-refractivity contribution in [1.82, 2.24) is 0 Å². The van der Waals surface area contributed by atoms with Crippen molar-refractivity contribution in [3.8, 4) is 0 Å². The summed E-state index contributed by atoms with van der Waals surface area (Å²) in [4.78, 5) is 72.7. The third-order valence-corrected chi connectivity index (χ3v) is 18.2. The first-order valence-corrected chi connectivity index (χ1v) is 40.2. The first-order chi connectivity index (χ1) is 44.2. The molecule has 3 N–H and O–H groups in total. The minimum absolute atomic E-state index is 0.0842. The largest absolute Gasteiger partial charge is 0.472 e. The molecule has 0 radical (unpaired) electrons. The predicted octanol–water partition coefficient (Wildman–Crippen LogP) is 20.6. The molecule has 0 aliphatic carbocycles. The zero-order valence-electron chi connectivity index (χ0n) is 59.5. The lowest BCUT2D eigenvalue weighted by atomic mass is 10.0. The van der Waals surface area contributed by atoms with Gasteiger partial charge in [-0.2, -0.15) is 0 Å². The van der Waals surface area contributed by atoms with Gasteiger partial charge < -0.3 is 33.8 Å². The SMILES string of the molecule is CCCCCC/C=C\C=C/CCCCCCCC(=O)O[C@H](COC(=O)CCCCCCCCCCCC(C)C)COP(=O)(O)OCC(O)COP(=O)(O)OC[C@@H](COC(=O)CCCCCCCCCCC(C)C)OC(=O)CCCCCCCCCCCCCC(C)C. The van der Waals surface area contributed by atoms with Gasteiger partial charge in [-0.15, -0.1) is 0 Å². The zero-order chi connectivity index (χ0) is 68.0. The fourth-order valence-corrected chi connectivity index (χ4v) is 12.1. The highest BCUT2D eigenvalue weighted by Gasteiger charge is 2.30. The van der Waals surface area contributed by atoms with Gasteiger partial charge in [-0.1, -0.05) is 291 Å². The molecule has 0 spiro atoms. The number of carbonyl (C=O) groups excluding carboxylic acids is 4. The number of carbonyl (C=O) groups is 4. The molecule has 92 heavy (non-hydrogen) atoms. The molecule has 0 aliphatic rings. The Labute approximate surface area is 561 Å². The van der Waals surface area contributed by atoms with Gasteiger partial charge in [0.25, 0.3) is 0 Å². The maximum Gasteiger partial charge on any atom is 0.472 e. The lowest BCUT2D eigenvalue weighted by Crippen LogP contribution is -2.30. The molecule has 0 aromatic rings. The number of phosphoric ester groups is 2. The topological polar surface area (TPSA) is 237 Å². The van der Waals surface area contributed by atoms with Crippen LogP contribution in [0.1, 0.15) is 344 Å². The second-order valence-electron chi connectivity index (χ2n) is 27.1. The van der Waals surface area contributed by atoms with Gasteiger partial charge in [-0.05, 0) is 69.1 Å². The number of rotatable bonds is 69. The first kappa shape index (κ1) is 89.5. The molecule has 19 heteroatoms. The van der Waals surface area contributed by atoms with Crippen LogP contribution in [0.25, 0.3) is 0 Å². The van der Waals surface area contributed by atoms with E-state index < -0.39 is 97.5 Å². The van der Waals surface area contributed by atoms with Gasteiger partial charge in [-0.3, -0.25) is 37.3 Å². The number of phosphoric acid groups is 2. The molecule has 3 unspecified atom stereocenters. The summed E-state index contributed by atoms with van der Waals surface area (Å²) >= 11 is 0. The number of hydrogen-bond acceptors (Lipinski definition) is 15. The van der Waals surface area contributed by atoms with Crippen LogP contribution in [0.3, 0.4) is 0 Å². The molecule has 0 aliphatic heterocycles. The summed E-state index contributed by atoms with van der Waals surface area (Å²) in [5, 5.41) is 10.6. The Morgan fingerprint density at radius 2 is 0.587 bits per heavy atom. The molecule has 0 aromatic carbocycles. The molecule has 0 fully saturated rings. The Morgan fingerprint density at radius 3 is 0.880 bits per heavy atom. The van der Waals surface area contributed by atoms with E-state index in [-0.39, 0.29) is 25.7 Å². The highest BCUT2D eigenvalue weighted by molar-refractivity contribution is 7.47. The van der Waals surface area contributed by atoms with Crippen molar-refractivity contribution in [3.63, 3.8) is 0 Å². The van der Waals surface area contributed by atoms with E-state index in [0.717, 1.165) is 120 Å². The average Bonchev–Trinajstić information content (AvgIpc) is 2.06. The van der Waals surface area contributed by atoms with Crippen molar-refractivity contribution in [1.29, 1.82) is 0 Å². The van der Waals surface area contributed by atoms with Crippen LogP contribution in [0.5, 0.6) is 0 Å². The first-order valence-electron chi connectivity index (χ1n) is 37.2. The summed E-state index contributed by atoms with van der Waals surface area (Å²) < 4.78 is 68.4. The van der Waals surface area contributed by atoms with E-state index in [1.54, 1.807) is 0 Å². The van der Waals surface area contributed by atoms with E-state index in [2.05, 4.69) is 72.8 Å². The maximum atomic E-state index is 13.0. The van der Waals surface area contributed by atoms with E-state index >= 15 is 0 Å². The van der Waals surface area contributed by atoms with Crippen LogP contribution in [0.2, 0.25) is 0 Å². The van der Waals surface area contributed by atoms with E-state index in [1.165, 1.54) is 141 Å². The maximum absolute atomic E-state index is 13.0. The van der Waals surface area contributed by atoms with Gasteiger partial charge in [0.15, 0.2) is 12.2 Å². The van der Waals surface area contributed by atoms with Crippen LogP contribution in [-0.2, 0) is 65.4 Å². The number of esters is 4. The van der Waals surface area contributed by atoms with Crippen molar-refractivity contribution >= 4 is 39.5 Å². The fourth-order valence-electron chi connectivity index (χ4n) is 10.5. The minimum atomic E-state index is -4.96. The van der Waals surface area contributed by atoms with Gasteiger partial charge >= 0.3 is 39.5 Å². The van der Waals surface area contributed by atoms with Gasteiger partial charge in [0.1, 0.15) is 19.3 Å². The molecule has 0 amide bonds. The van der Waals surface area contributed by atoms with E-state index in [0.29, 0.717) is 25.7 Å². The van der Waals surface area contributed by atoms with Crippen molar-refractivity contribution in [2.24, 2.45) is 17.8 Å². The summed E-state index contributed by atoms with van der Waals surface area (Å²) in [5.74, 6) is 0.0761. The number of aliphatic hydroxyl groups excluding tert-OH is 1. The monoisotopic (exact) mass is 1350 g/mol. The zero-order valence-corrected chi connectivity index (χ0v) is 61.3. The third-order valence-electron chi connectivity index (χ3n) is 16.3. The van der Waals surface area contributed by atoms with Gasteiger partial charge in [0, 0.05) is 25.7 Å². The molecule has 0 heterocycles. The van der Waals surface area contributed by atoms with Crippen molar-refractivity contribution in [2.75, 3.05) is 39.6 Å². The van der Waals surface area contributed by atoms with Gasteiger partial charge in [0.05, 0.1) is 26.4 Å². The van der Waals surface area contributed by atoms with Crippen LogP contribution >= 0.6 is 15.6 Å². The second kappa shape index (κ2) is 63.3. The fraction of sp³-hybridized carbons (Fsp3) is 0.890. The Balaban J connectivity index is 5.30. The Bertz CT molecular complexity index is 1890. The number of ether oxygens (including phenoxy) is 4. The molecular weight excluding hydrogens is 1210 g/mol. The number of unbranched alkanes of at least 4 members (excludes halogenated alkanes) is 34. The van der Waals surface area contributed by atoms with Crippen LogP contribution in [0.4, 0.5) is 0 Å². The molecular formula is C73H138O17P2. The molecule has 0 saturated carbocycles. The van der Waals surface area contributed by atoms with Crippen molar-refractivity contribution < 1.29 is 80.2 Å². The number of aliphatic hydroxyl groups is 1. The summed E-state index contributed by atoms with van der Waals surface area (Å²) in [6, 6.07) is 0. The van der Waals surface area contributed by atoms with E-state index in [9.17, 15) is 43.2 Å². The van der Waals surface area contributed by atoms with Crippen LogP contribution < -0.4 is 0 Å². The van der Waals surface area contributed by atoms with E-state index in [1.807, 2.05) is 0 Å². The van der Waals surface area contributed by atoms with Gasteiger partial charge in [-0.25, -0.2) is 9.13 Å². The van der Waals surface area contributed by atoms with Crippen molar-refractivity contribution in [2.45, 2.75) is 362 Å².